The van der Waals surface area contributed by atoms with E-state index < -0.39 is 39.7 Å². The van der Waals surface area contributed by atoms with E-state index in [-0.39, 0.29) is 28.0 Å². The summed E-state index contributed by atoms with van der Waals surface area (Å²) in [6, 6.07) is 15.2. The molecule has 5 aromatic rings. The highest BCUT2D eigenvalue weighted by Gasteiger charge is 2.31. The lowest BCUT2D eigenvalue weighted by Gasteiger charge is -2.16. The number of rotatable bonds is 6. The van der Waals surface area contributed by atoms with Crippen LogP contribution >= 0.6 is 0 Å². The lowest BCUT2D eigenvalue weighted by Crippen LogP contribution is -2.40. The summed E-state index contributed by atoms with van der Waals surface area (Å²) in [5.74, 6) is 0. The van der Waals surface area contributed by atoms with Crippen LogP contribution in [0.5, 0.6) is 0 Å². The number of aromatic nitrogens is 3. The first-order chi connectivity index (χ1) is 18.5. The molecule has 2 aromatic heterocycles. The van der Waals surface area contributed by atoms with Gasteiger partial charge in [-0.25, -0.2) is 9.36 Å². The van der Waals surface area contributed by atoms with Crippen LogP contribution in [0.1, 0.15) is 11.1 Å². The van der Waals surface area contributed by atoms with Gasteiger partial charge in [0.05, 0.1) is 46.4 Å². The number of alkyl halides is 3. The molecule has 0 saturated heterocycles. The van der Waals surface area contributed by atoms with Crippen LogP contribution in [-0.2, 0) is 27.0 Å². The zero-order valence-electron chi connectivity index (χ0n) is 20.3. The molecule has 5 rings (SSSR count). The number of benzene rings is 3. The molecule has 0 atom stereocenters. The molecule has 200 valence electrons. The molecule has 0 aliphatic rings. The molecule has 39 heavy (non-hydrogen) atoms. The van der Waals surface area contributed by atoms with E-state index in [2.05, 4.69) is 4.98 Å². The van der Waals surface area contributed by atoms with E-state index in [9.17, 15) is 31.2 Å². The first-order valence-corrected chi connectivity index (χ1v) is 13.0. The number of halogens is 3. The Bertz CT molecular complexity index is 1940. The van der Waals surface area contributed by atoms with Gasteiger partial charge in [-0.3, -0.25) is 18.5 Å². The molecule has 2 heterocycles. The van der Waals surface area contributed by atoms with Crippen molar-refractivity contribution < 1.29 is 25.8 Å². The highest BCUT2D eigenvalue weighted by molar-refractivity contribution is 7.86. The molecule has 8 nitrogen and oxygen atoms in total. The van der Waals surface area contributed by atoms with Gasteiger partial charge in [-0.1, -0.05) is 42.0 Å². The molecule has 0 unspecified atom stereocenters. The summed E-state index contributed by atoms with van der Waals surface area (Å²) in [4.78, 5) is 31.2. The normalized spacial score (nSPS) is 12.3. The quantitative estimate of drug-likeness (QED) is 0.288. The fourth-order valence-electron chi connectivity index (χ4n) is 4.27. The van der Waals surface area contributed by atoms with E-state index >= 15 is 0 Å². The second kappa shape index (κ2) is 9.79. The zero-order valence-corrected chi connectivity index (χ0v) is 21.2. The van der Waals surface area contributed by atoms with Crippen molar-refractivity contribution in [1.29, 1.82) is 0 Å². The molecule has 0 spiro atoms. The Morgan fingerprint density at radius 1 is 0.923 bits per heavy atom. The van der Waals surface area contributed by atoms with Crippen LogP contribution in [0.15, 0.2) is 93.6 Å². The van der Waals surface area contributed by atoms with Gasteiger partial charge in [0.25, 0.3) is 15.7 Å². The van der Waals surface area contributed by atoms with Crippen molar-refractivity contribution in [2.45, 2.75) is 24.5 Å². The molecule has 3 aromatic carbocycles. The standard InChI is InChI=1S/C27H20F3N3O5S/c1-17-6-9-20(10-7-17)39(36,37)38-13-12-32-23-11-8-19(27(28,29)30)14-22(23)25(34)33(26(32)35)24-16-31-15-18-4-2-3-5-21(18)24/h2-11,14-16H,12-13H2,1H3. The van der Waals surface area contributed by atoms with Crippen LogP contribution in [0, 0.1) is 6.92 Å². The molecule has 0 radical (unpaired) electrons. The zero-order chi connectivity index (χ0) is 27.9. The minimum absolute atomic E-state index is 0.0735. The Balaban J connectivity index is 1.66. The minimum atomic E-state index is -4.74. The maximum atomic E-state index is 13.7. The van der Waals surface area contributed by atoms with E-state index in [1.165, 1.54) is 24.5 Å². The van der Waals surface area contributed by atoms with Crippen molar-refractivity contribution in [1.82, 2.24) is 14.1 Å². The van der Waals surface area contributed by atoms with Gasteiger partial charge in [0.15, 0.2) is 0 Å². The average Bonchev–Trinajstić information content (AvgIpc) is 2.90. The van der Waals surface area contributed by atoms with Gasteiger partial charge >= 0.3 is 11.9 Å². The first kappa shape index (κ1) is 26.3. The van der Waals surface area contributed by atoms with Gasteiger partial charge in [0, 0.05) is 17.0 Å². The Kier molecular flexibility index (Phi) is 6.60. The summed E-state index contributed by atoms with van der Waals surface area (Å²) >= 11 is 0. The smallest absolute Gasteiger partial charge is 0.290 e. The summed E-state index contributed by atoms with van der Waals surface area (Å²) in [7, 11) is -4.18. The number of hydrogen-bond donors (Lipinski definition) is 0. The van der Waals surface area contributed by atoms with Crippen LogP contribution < -0.4 is 11.2 Å². The Morgan fingerprint density at radius 3 is 2.36 bits per heavy atom. The summed E-state index contributed by atoms with van der Waals surface area (Å²) in [6.45, 7) is 0.905. The lowest BCUT2D eigenvalue weighted by molar-refractivity contribution is -0.137. The van der Waals surface area contributed by atoms with Crippen molar-refractivity contribution in [3.05, 3.63) is 111 Å². The largest absolute Gasteiger partial charge is 0.416 e. The number of nitrogens with zero attached hydrogens (tertiary/aromatic N) is 3. The van der Waals surface area contributed by atoms with E-state index in [1.54, 1.807) is 43.3 Å². The van der Waals surface area contributed by atoms with Gasteiger partial charge in [-0.05, 0) is 37.3 Å². The lowest BCUT2D eigenvalue weighted by atomic mass is 10.1. The molecule has 0 aliphatic heterocycles. The average molecular weight is 556 g/mol. The van der Waals surface area contributed by atoms with Crippen molar-refractivity contribution in [2.24, 2.45) is 0 Å². The van der Waals surface area contributed by atoms with Crippen molar-refractivity contribution in [3.63, 3.8) is 0 Å². The highest BCUT2D eigenvalue weighted by atomic mass is 32.2. The summed E-state index contributed by atoms with van der Waals surface area (Å²) in [5.41, 5.74) is -2.11. The molecule has 0 saturated carbocycles. The van der Waals surface area contributed by atoms with Gasteiger partial charge in [-0.15, -0.1) is 0 Å². The minimum Gasteiger partial charge on any atom is -0.290 e. The third kappa shape index (κ3) is 4.95. The van der Waals surface area contributed by atoms with Crippen LogP contribution in [0.4, 0.5) is 13.2 Å². The molecule has 0 N–H and O–H groups in total. The maximum Gasteiger partial charge on any atom is 0.416 e. The van der Waals surface area contributed by atoms with Gasteiger partial charge in [-0.2, -0.15) is 21.6 Å². The van der Waals surface area contributed by atoms with E-state index in [4.69, 9.17) is 4.18 Å². The maximum absolute atomic E-state index is 13.7. The van der Waals surface area contributed by atoms with E-state index in [1.807, 2.05) is 0 Å². The van der Waals surface area contributed by atoms with E-state index in [0.717, 1.165) is 26.8 Å². The highest BCUT2D eigenvalue weighted by Crippen LogP contribution is 2.31. The van der Waals surface area contributed by atoms with Crippen molar-refractivity contribution >= 4 is 31.8 Å². The molecule has 0 amide bonds. The SMILES string of the molecule is Cc1ccc(S(=O)(=O)OCCn2c(=O)n(-c3cncc4ccccc34)c(=O)c3cc(C(F)(F)F)ccc32)cc1. The van der Waals surface area contributed by atoms with Gasteiger partial charge < -0.3 is 0 Å². The van der Waals surface area contributed by atoms with Crippen LogP contribution in [-0.4, -0.2) is 29.1 Å². The molecular weight excluding hydrogens is 535 g/mol. The summed E-state index contributed by atoms with van der Waals surface area (Å²) in [6.07, 6.45) is -1.94. The molecule has 0 fully saturated rings. The number of pyridine rings is 1. The fraction of sp³-hybridized carbons (Fsp3) is 0.148. The predicted octanol–water partition coefficient (Wildman–Crippen LogP) is 4.43. The molecule has 0 aliphatic carbocycles. The molecule has 12 heteroatoms. The summed E-state index contributed by atoms with van der Waals surface area (Å²) in [5, 5.41) is 0.700. The predicted molar refractivity (Wildman–Crippen MR) is 138 cm³/mol. The van der Waals surface area contributed by atoms with Crippen molar-refractivity contribution in [2.75, 3.05) is 6.61 Å². The summed E-state index contributed by atoms with van der Waals surface area (Å²) < 4.78 is 72.7. The molecular formula is C27H20F3N3O5S. The van der Waals surface area contributed by atoms with Crippen molar-refractivity contribution in [3.8, 4) is 5.69 Å². The Labute approximate surface area is 219 Å². The number of hydrogen-bond acceptors (Lipinski definition) is 6. The monoisotopic (exact) mass is 555 g/mol. The Morgan fingerprint density at radius 2 is 1.64 bits per heavy atom. The number of fused-ring (bicyclic) bond motifs is 2. The van der Waals surface area contributed by atoms with E-state index in [0.29, 0.717) is 16.8 Å². The van der Waals surface area contributed by atoms with Gasteiger partial charge in [0.1, 0.15) is 0 Å². The van der Waals surface area contributed by atoms with Gasteiger partial charge in [0.2, 0.25) is 0 Å². The Hall–Kier alpha value is -4.29. The third-order valence-electron chi connectivity index (χ3n) is 6.22. The molecule has 0 bridgehead atoms. The first-order valence-electron chi connectivity index (χ1n) is 11.6. The second-order valence-corrected chi connectivity index (χ2v) is 10.4. The number of aryl methyl sites for hydroxylation is 1. The van der Waals surface area contributed by atoms with Crippen LogP contribution in [0.25, 0.3) is 27.4 Å². The topological polar surface area (TPSA) is 100 Å². The third-order valence-corrected chi connectivity index (χ3v) is 7.55. The van der Waals surface area contributed by atoms with Crippen LogP contribution in [0.2, 0.25) is 0 Å². The fourth-order valence-corrected chi connectivity index (χ4v) is 5.17. The van der Waals surface area contributed by atoms with Crippen LogP contribution in [0.3, 0.4) is 0 Å². The second-order valence-electron chi connectivity index (χ2n) is 8.77.